The molecule has 0 atom stereocenters. The average Bonchev–Trinajstić information content (AvgIpc) is 2.42. The Labute approximate surface area is 78.7 Å². The van der Waals surface area contributed by atoms with Gasteiger partial charge in [0.05, 0.1) is 4.92 Å². The molecule has 1 aromatic carbocycles. The van der Waals surface area contributed by atoms with Crippen molar-refractivity contribution in [1.29, 1.82) is 5.41 Å². The van der Waals surface area contributed by atoms with Gasteiger partial charge in [-0.25, -0.2) is 4.99 Å². The standard InChI is InChI=1S/C8H6N4O2/c9-7-5-2-1-4(12(13)14)3-6(5)8(10)11-7/h1-3H,(H3,9,10,11). The molecule has 1 heterocycles. The number of rotatable bonds is 1. The first-order chi connectivity index (χ1) is 6.59. The van der Waals surface area contributed by atoms with Crippen LogP contribution in [0.3, 0.4) is 0 Å². The van der Waals surface area contributed by atoms with Crippen LogP contribution in [0.1, 0.15) is 11.1 Å². The minimum atomic E-state index is -0.512. The van der Waals surface area contributed by atoms with Crippen LogP contribution in [0, 0.1) is 15.5 Å². The summed E-state index contributed by atoms with van der Waals surface area (Å²) in [6.45, 7) is 0. The second-order valence-electron chi connectivity index (χ2n) is 2.83. The highest BCUT2D eigenvalue weighted by molar-refractivity contribution is 6.21. The van der Waals surface area contributed by atoms with Gasteiger partial charge in [0, 0.05) is 23.3 Å². The first-order valence-corrected chi connectivity index (χ1v) is 3.81. The van der Waals surface area contributed by atoms with Crippen molar-refractivity contribution in [2.45, 2.75) is 0 Å². The van der Waals surface area contributed by atoms with Crippen LogP contribution in [-0.4, -0.2) is 16.6 Å². The zero-order chi connectivity index (χ0) is 10.3. The van der Waals surface area contributed by atoms with Gasteiger partial charge in [-0.05, 0) is 6.07 Å². The SMILES string of the molecule is N=C1N=C(N)c2ccc([N+](=O)[O-])cc21. The van der Waals surface area contributed by atoms with E-state index in [1.807, 2.05) is 0 Å². The first-order valence-electron chi connectivity index (χ1n) is 3.81. The largest absolute Gasteiger partial charge is 0.383 e. The predicted molar refractivity (Wildman–Crippen MR) is 50.6 cm³/mol. The average molecular weight is 190 g/mol. The van der Waals surface area contributed by atoms with Gasteiger partial charge >= 0.3 is 0 Å². The first kappa shape index (κ1) is 8.36. The van der Waals surface area contributed by atoms with Gasteiger partial charge in [0.1, 0.15) is 5.84 Å². The Morgan fingerprint density at radius 2 is 2.14 bits per heavy atom. The van der Waals surface area contributed by atoms with Gasteiger partial charge in [-0.2, -0.15) is 0 Å². The van der Waals surface area contributed by atoms with Crippen LogP contribution in [0.2, 0.25) is 0 Å². The Morgan fingerprint density at radius 1 is 1.43 bits per heavy atom. The Hall–Kier alpha value is -2.24. The number of nitrogens with zero attached hydrogens (tertiary/aromatic N) is 2. The summed E-state index contributed by atoms with van der Waals surface area (Å²) in [5, 5.41) is 17.9. The maximum atomic E-state index is 10.5. The fourth-order valence-electron chi connectivity index (χ4n) is 1.31. The van der Waals surface area contributed by atoms with E-state index in [4.69, 9.17) is 11.1 Å². The maximum Gasteiger partial charge on any atom is 0.270 e. The summed E-state index contributed by atoms with van der Waals surface area (Å²) < 4.78 is 0. The molecule has 1 aliphatic heterocycles. The molecule has 0 saturated heterocycles. The summed E-state index contributed by atoms with van der Waals surface area (Å²) in [4.78, 5) is 13.7. The van der Waals surface area contributed by atoms with E-state index in [2.05, 4.69) is 4.99 Å². The topological polar surface area (TPSA) is 105 Å². The van der Waals surface area contributed by atoms with E-state index in [1.165, 1.54) is 18.2 Å². The van der Waals surface area contributed by atoms with Gasteiger partial charge in [0.15, 0.2) is 5.84 Å². The van der Waals surface area contributed by atoms with Crippen molar-refractivity contribution in [3.8, 4) is 0 Å². The third-order valence-corrected chi connectivity index (χ3v) is 1.98. The van der Waals surface area contributed by atoms with Crippen molar-refractivity contribution in [2.75, 3.05) is 0 Å². The third kappa shape index (κ3) is 1.05. The lowest BCUT2D eigenvalue weighted by molar-refractivity contribution is -0.384. The van der Waals surface area contributed by atoms with Gasteiger partial charge in [0.25, 0.3) is 5.69 Å². The minimum Gasteiger partial charge on any atom is -0.383 e. The van der Waals surface area contributed by atoms with E-state index < -0.39 is 4.92 Å². The molecular formula is C8H6N4O2. The second kappa shape index (κ2) is 2.63. The molecule has 6 heteroatoms. The van der Waals surface area contributed by atoms with Crippen molar-refractivity contribution in [2.24, 2.45) is 10.7 Å². The monoisotopic (exact) mass is 190 g/mol. The minimum absolute atomic E-state index is 0.0267. The van der Waals surface area contributed by atoms with Gasteiger partial charge < -0.3 is 5.73 Å². The zero-order valence-corrected chi connectivity index (χ0v) is 7.02. The van der Waals surface area contributed by atoms with E-state index >= 15 is 0 Å². The molecule has 1 aromatic rings. The number of amidine groups is 2. The van der Waals surface area contributed by atoms with Crippen molar-refractivity contribution in [3.63, 3.8) is 0 Å². The quantitative estimate of drug-likeness (QED) is 0.501. The number of non-ortho nitro benzene ring substituents is 1. The fourth-order valence-corrected chi connectivity index (χ4v) is 1.31. The molecule has 2 rings (SSSR count). The molecular weight excluding hydrogens is 184 g/mol. The summed E-state index contributed by atoms with van der Waals surface area (Å²) in [5.74, 6) is 0.209. The number of nitrogens with two attached hydrogens (primary N) is 1. The third-order valence-electron chi connectivity index (χ3n) is 1.98. The predicted octanol–water partition coefficient (Wildman–Crippen LogP) is 0.639. The van der Waals surface area contributed by atoms with Gasteiger partial charge in [-0.3, -0.25) is 15.5 Å². The van der Waals surface area contributed by atoms with Crippen LogP contribution in [-0.2, 0) is 0 Å². The number of nitrogens with one attached hydrogen (secondary N) is 1. The van der Waals surface area contributed by atoms with Crippen molar-refractivity contribution < 1.29 is 4.92 Å². The molecule has 0 spiro atoms. The second-order valence-corrected chi connectivity index (χ2v) is 2.83. The molecule has 0 aromatic heterocycles. The van der Waals surface area contributed by atoms with Crippen molar-refractivity contribution in [3.05, 3.63) is 39.4 Å². The van der Waals surface area contributed by atoms with E-state index in [1.54, 1.807) is 0 Å². The number of hydrogen-bond acceptors (Lipinski definition) is 4. The number of hydrogen-bond donors (Lipinski definition) is 2. The van der Waals surface area contributed by atoms with Crippen molar-refractivity contribution in [1.82, 2.24) is 0 Å². The van der Waals surface area contributed by atoms with Crippen molar-refractivity contribution >= 4 is 17.4 Å². The van der Waals surface area contributed by atoms with Crippen LogP contribution in [0.25, 0.3) is 0 Å². The molecule has 6 nitrogen and oxygen atoms in total. The van der Waals surface area contributed by atoms with Crippen LogP contribution in [0.15, 0.2) is 23.2 Å². The number of nitro groups is 1. The summed E-state index contributed by atoms with van der Waals surface area (Å²) in [6.07, 6.45) is 0. The van der Waals surface area contributed by atoms with Gasteiger partial charge in [0.2, 0.25) is 0 Å². The molecule has 0 saturated carbocycles. The van der Waals surface area contributed by atoms with E-state index in [0.717, 1.165) is 0 Å². The highest BCUT2D eigenvalue weighted by Gasteiger charge is 2.21. The number of nitro benzene ring substituents is 1. The van der Waals surface area contributed by atoms with E-state index in [-0.39, 0.29) is 17.4 Å². The van der Waals surface area contributed by atoms with Crippen LogP contribution >= 0.6 is 0 Å². The Kier molecular flexibility index (Phi) is 1.57. The molecule has 3 N–H and O–H groups in total. The highest BCUT2D eigenvalue weighted by atomic mass is 16.6. The van der Waals surface area contributed by atoms with E-state index in [0.29, 0.717) is 11.1 Å². The lowest BCUT2D eigenvalue weighted by Gasteiger charge is -1.97. The molecule has 0 radical (unpaired) electrons. The Morgan fingerprint density at radius 3 is 2.79 bits per heavy atom. The zero-order valence-electron chi connectivity index (χ0n) is 7.02. The summed E-state index contributed by atoms with van der Waals surface area (Å²) >= 11 is 0. The lowest BCUT2D eigenvalue weighted by atomic mass is 10.1. The summed E-state index contributed by atoms with van der Waals surface area (Å²) in [7, 11) is 0. The number of benzene rings is 1. The van der Waals surface area contributed by atoms with Gasteiger partial charge in [-0.15, -0.1) is 0 Å². The molecule has 1 aliphatic rings. The normalized spacial score (nSPS) is 13.7. The lowest BCUT2D eigenvalue weighted by Crippen LogP contribution is -2.10. The van der Waals surface area contributed by atoms with Crippen LogP contribution in [0.5, 0.6) is 0 Å². The molecule has 0 bridgehead atoms. The summed E-state index contributed by atoms with van der Waals surface area (Å²) in [5.41, 5.74) is 6.44. The van der Waals surface area contributed by atoms with Crippen LogP contribution in [0.4, 0.5) is 5.69 Å². The van der Waals surface area contributed by atoms with Crippen LogP contribution < -0.4 is 5.73 Å². The molecule has 70 valence electrons. The molecule has 0 unspecified atom stereocenters. The summed E-state index contributed by atoms with van der Waals surface area (Å²) in [6, 6.07) is 4.16. The fraction of sp³-hybridized carbons (Fsp3) is 0. The number of fused-ring (bicyclic) bond motifs is 1. The molecule has 0 amide bonds. The maximum absolute atomic E-state index is 10.5. The molecule has 14 heavy (non-hydrogen) atoms. The van der Waals surface area contributed by atoms with E-state index in [9.17, 15) is 10.1 Å². The number of aliphatic imine (C=N–C) groups is 1. The molecule has 0 fully saturated rings. The molecule has 0 aliphatic carbocycles. The highest BCUT2D eigenvalue weighted by Crippen LogP contribution is 2.22. The smallest absolute Gasteiger partial charge is 0.270 e. The Bertz CT molecular complexity index is 478. The Balaban J connectivity index is 2.60. The van der Waals surface area contributed by atoms with Gasteiger partial charge in [-0.1, -0.05) is 0 Å².